The highest BCUT2D eigenvalue weighted by atomic mass is 32.1. The van der Waals surface area contributed by atoms with Crippen molar-refractivity contribution in [3.63, 3.8) is 0 Å². The number of nitrogens with one attached hydrogen (secondary N) is 2. The molecule has 4 bridgehead atoms. The van der Waals surface area contributed by atoms with Crippen molar-refractivity contribution in [2.75, 3.05) is 26.3 Å². The molecule has 1 aliphatic carbocycles. The fourth-order valence-electron chi connectivity index (χ4n) is 4.88. The molecule has 10 nitrogen and oxygen atoms in total. The molecule has 11 heteroatoms. The van der Waals surface area contributed by atoms with Crippen LogP contribution >= 0.6 is 11.3 Å². The van der Waals surface area contributed by atoms with Gasteiger partial charge in [0.25, 0.3) is 17.7 Å². The summed E-state index contributed by atoms with van der Waals surface area (Å²) in [5.74, 6) is 0.901. The summed E-state index contributed by atoms with van der Waals surface area (Å²) < 4.78 is 18.0. The summed E-state index contributed by atoms with van der Waals surface area (Å²) in [4.78, 5) is 53.8. The number of thiophene rings is 1. The van der Waals surface area contributed by atoms with Gasteiger partial charge in [-0.25, -0.2) is 0 Å². The molecule has 1 saturated heterocycles. The number of carbonyl (C=O) groups is 4. The van der Waals surface area contributed by atoms with Crippen molar-refractivity contribution in [2.24, 2.45) is 5.92 Å². The summed E-state index contributed by atoms with van der Waals surface area (Å²) in [5, 5.41) is 5.88. The highest BCUT2D eigenvalue weighted by molar-refractivity contribution is 7.15. The molecule has 0 radical (unpaired) electrons. The molecule has 3 amide bonds. The van der Waals surface area contributed by atoms with Crippen LogP contribution in [-0.2, 0) is 11.3 Å². The molecule has 7 rings (SSSR count). The van der Waals surface area contributed by atoms with Gasteiger partial charge >= 0.3 is 0 Å². The fourth-order valence-corrected chi connectivity index (χ4v) is 5.75. The van der Waals surface area contributed by atoms with Crippen LogP contribution in [0.25, 0.3) is 0 Å². The third-order valence-electron chi connectivity index (χ3n) is 7.43. The zero-order valence-electron chi connectivity index (χ0n) is 23.1. The number of benzene rings is 2. The van der Waals surface area contributed by atoms with Crippen LogP contribution in [0.2, 0.25) is 0 Å². The Labute approximate surface area is 246 Å². The lowest BCUT2D eigenvalue weighted by molar-refractivity contribution is -0.123. The van der Waals surface area contributed by atoms with Gasteiger partial charge in [-0.15, -0.1) is 11.3 Å². The number of ketones is 1. The van der Waals surface area contributed by atoms with Crippen LogP contribution < -0.4 is 24.8 Å². The number of amides is 3. The monoisotopic (exact) mass is 589 g/mol. The lowest BCUT2D eigenvalue weighted by atomic mass is 10.1. The van der Waals surface area contributed by atoms with E-state index in [0.717, 1.165) is 29.7 Å². The molecule has 2 aromatic carbocycles. The molecule has 3 aliphatic heterocycles. The molecule has 2 atom stereocenters. The molecule has 1 aromatic heterocycles. The Bertz CT molecular complexity index is 1510. The van der Waals surface area contributed by atoms with E-state index >= 15 is 0 Å². The minimum atomic E-state index is -0.531. The maximum atomic E-state index is 13.6. The SMILES string of the molecule is CC(=O)c1ccc(C(=O)N2C[C@@H]3NC(=O)c4cc(cc(OCC5CC5)c4)OCC(=O)NCc4ccc(cc4)O[C@H]3C2)s1. The van der Waals surface area contributed by atoms with Crippen LogP contribution in [-0.4, -0.2) is 66.9 Å². The first-order chi connectivity index (χ1) is 20.3. The predicted octanol–water partition coefficient (Wildman–Crippen LogP) is 3.45. The predicted molar refractivity (Wildman–Crippen MR) is 154 cm³/mol. The molecule has 0 unspecified atom stereocenters. The van der Waals surface area contributed by atoms with E-state index in [9.17, 15) is 19.2 Å². The fraction of sp³-hybridized carbons (Fsp3) is 0.355. The molecule has 0 spiro atoms. The van der Waals surface area contributed by atoms with Crippen LogP contribution in [0.4, 0.5) is 0 Å². The normalized spacial score (nSPS) is 20.5. The second-order valence-electron chi connectivity index (χ2n) is 10.8. The number of hydrogen-bond donors (Lipinski definition) is 2. The third kappa shape index (κ3) is 6.57. The lowest BCUT2D eigenvalue weighted by Gasteiger charge is -2.21. The molecular weight excluding hydrogens is 558 g/mol. The minimum absolute atomic E-state index is 0.0961. The van der Waals surface area contributed by atoms with E-state index in [-0.39, 0.29) is 43.2 Å². The highest BCUT2D eigenvalue weighted by Gasteiger charge is 2.39. The van der Waals surface area contributed by atoms with E-state index in [1.807, 2.05) is 12.1 Å². The summed E-state index contributed by atoms with van der Waals surface area (Å²) in [7, 11) is 0. The van der Waals surface area contributed by atoms with Crippen LogP contribution in [0.5, 0.6) is 17.2 Å². The van der Waals surface area contributed by atoms with Gasteiger partial charge in [0.05, 0.1) is 28.9 Å². The number of hydrogen-bond acceptors (Lipinski definition) is 8. The number of likely N-dealkylation sites (tertiary alicyclic amines) is 1. The Morgan fingerprint density at radius 2 is 1.79 bits per heavy atom. The lowest BCUT2D eigenvalue weighted by Crippen LogP contribution is -2.45. The van der Waals surface area contributed by atoms with E-state index in [1.165, 1.54) is 6.92 Å². The van der Waals surface area contributed by atoms with Crippen molar-refractivity contribution < 1.29 is 33.4 Å². The number of rotatable bonds is 5. The van der Waals surface area contributed by atoms with Crippen LogP contribution in [0.1, 0.15) is 55.0 Å². The molecule has 2 fully saturated rings. The van der Waals surface area contributed by atoms with Gasteiger partial charge in [0, 0.05) is 24.7 Å². The Hall–Kier alpha value is -4.38. The largest absolute Gasteiger partial charge is 0.493 e. The molecule has 4 heterocycles. The summed E-state index contributed by atoms with van der Waals surface area (Å²) in [6, 6.07) is 15.0. The standard InChI is InChI=1S/C31H31N3O7S/c1-18(35)27-8-9-28(42-27)31(38)34-14-25-26(15-34)41-22-6-4-19(5-7-22)13-32-29(36)17-40-24-11-21(30(37)33-25)10-23(12-24)39-16-20-2-3-20/h4-12,20,25-26H,2-3,13-17H2,1H3,(H,32,36)(H,33,37)/t25-,26-/m0/s1. The quantitative estimate of drug-likeness (QED) is 0.437. The Kier molecular flexibility index (Phi) is 7.84. The number of ether oxygens (including phenoxy) is 3. The summed E-state index contributed by atoms with van der Waals surface area (Å²) >= 11 is 1.16. The first-order valence-corrected chi connectivity index (χ1v) is 14.8. The molecule has 4 aliphatic rings. The topological polar surface area (TPSA) is 123 Å². The van der Waals surface area contributed by atoms with Crippen LogP contribution in [0.3, 0.4) is 0 Å². The van der Waals surface area contributed by atoms with Crippen molar-refractivity contribution in [1.82, 2.24) is 15.5 Å². The van der Waals surface area contributed by atoms with Gasteiger partial charge in [0.15, 0.2) is 12.4 Å². The van der Waals surface area contributed by atoms with Gasteiger partial charge in [0.1, 0.15) is 23.4 Å². The smallest absolute Gasteiger partial charge is 0.264 e. The first kappa shape index (κ1) is 27.8. The molecule has 1 saturated carbocycles. The Morgan fingerprint density at radius 1 is 1.00 bits per heavy atom. The summed E-state index contributed by atoms with van der Waals surface area (Å²) in [5.41, 5.74) is 1.18. The molecule has 2 N–H and O–H groups in total. The van der Waals surface area contributed by atoms with E-state index in [0.29, 0.717) is 51.6 Å². The van der Waals surface area contributed by atoms with Gasteiger partial charge in [0.2, 0.25) is 0 Å². The Balaban J connectivity index is 1.28. The third-order valence-corrected chi connectivity index (χ3v) is 8.60. The summed E-state index contributed by atoms with van der Waals surface area (Å²) in [6.07, 6.45) is 1.70. The van der Waals surface area contributed by atoms with E-state index in [4.69, 9.17) is 14.2 Å². The van der Waals surface area contributed by atoms with Gasteiger partial charge in [-0.2, -0.15) is 0 Å². The summed E-state index contributed by atoms with van der Waals surface area (Å²) in [6.45, 7) is 2.58. The maximum absolute atomic E-state index is 13.6. The number of Topliss-reactive ketones (excluding diaryl/α,β-unsaturated/α-hetero) is 1. The van der Waals surface area contributed by atoms with Gasteiger partial charge in [-0.1, -0.05) is 12.1 Å². The number of nitrogens with zero attached hydrogens (tertiary/aromatic N) is 1. The zero-order valence-corrected chi connectivity index (χ0v) is 23.9. The Morgan fingerprint density at radius 3 is 2.52 bits per heavy atom. The van der Waals surface area contributed by atoms with E-state index in [2.05, 4.69) is 10.6 Å². The van der Waals surface area contributed by atoms with Crippen molar-refractivity contribution in [2.45, 2.75) is 38.5 Å². The average Bonchev–Trinajstić information content (AvgIpc) is 3.53. The van der Waals surface area contributed by atoms with Gasteiger partial charge < -0.3 is 29.7 Å². The first-order valence-electron chi connectivity index (χ1n) is 13.9. The van der Waals surface area contributed by atoms with Crippen LogP contribution in [0, 0.1) is 5.92 Å². The van der Waals surface area contributed by atoms with Crippen molar-refractivity contribution in [1.29, 1.82) is 0 Å². The van der Waals surface area contributed by atoms with E-state index in [1.54, 1.807) is 47.4 Å². The molecular formula is C31H31N3O7S. The van der Waals surface area contributed by atoms with Crippen molar-refractivity contribution in [3.8, 4) is 17.2 Å². The second kappa shape index (κ2) is 11.8. The zero-order chi connectivity index (χ0) is 29.2. The molecule has 42 heavy (non-hydrogen) atoms. The second-order valence-corrected chi connectivity index (χ2v) is 11.9. The van der Waals surface area contributed by atoms with Crippen molar-refractivity contribution >= 4 is 34.8 Å². The average molecular weight is 590 g/mol. The van der Waals surface area contributed by atoms with Gasteiger partial charge in [-0.05, 0) is 67.6 Å². The van der Waals surface area contributed by atoms with E-state index < -0.39 is 12.1 Å². The van der Waals surface area contributed by atoms with Crippen molar-refractivity contribution in [3.05, 3.63) is 75.5 Å². The number of carbonyl (C=O) groups excluding carboxylic acids is 4. The van der Waals surface area contributed by atoms with Crippen LogP contribution in [0.15, 0.2) is 54.6 Å². The van der Waals surface area contributed by atoms with Gasteiger partial charge in [-0.3, -0.25) is 19.2 Å². The highest BCUT2D eigenvalue weighted by Crippen LogP contribution is 2.31. The molecule has 3 aromatic rings. The number of fused-ring (bicyclic) bond motifs is 7. The maximum Gasteiger partial charge on any atom is 0.264 e. The molecule has 218 valence electrons. The minimum Gasteiger partial charge on any atom is -0.493 e.